The molecule has 0 spiro atoms. The first-order valence-electron chi connectivity index (χ1n) is 6.34. The predicted molar refractivity (Wildman–Crippen MR) is 76.0 cm³/mol. The van der Waals surface area contributed by atoms with Crippen LogP contribution in [0.25, 0.3) is 0 Å². The van der Waals surface area contributed by atoms with Crippen molar-refractivity contribution in [2.45, 2.75) is 26.8 Å². The third-order valence-corrected chi connectivity index (χ3v) is 2.97. The van der Waals surface area contributed by atoms with Gasteiger partial charge < -0.3 is 5.73 Å². The fourth-order valence-corrected chi connectivity index (χ4v) is 1.66. The average molecular weight is 271 g/mol. The molecule has 6 nitrogen and oxygen atoms in total. The zero-order valence-electron chi connectivity index (χ0n) is 11.6. The number of aromatic nitrogens is 3. The van der Waals surface area contributed by atoms with E-state index in [0.717, 1.165) is 22.5 Å². The molecule has 6 heteroatoms. The van der Waals surface area contributed by atoms with Gasteiger partial charge in [-0.3, -0.25) is 10.1 Å². The summed E-state index contributed by atoms with van der Waals surface area (Å²) in [4.78, 5) is 16.0. The lowest BCUT2D eigenvalue weighted by Crippen LogP contribution is -2.17. The molecule has 0 radical (unpaired) electrons. The van der Waals surface area contributed by atoms with Crippen molar-refractivity contribution in [3.8, 4) is 0 Å². The zero-order valence-corrected chi connectivity index (χ0v) is 11.6. The second kappa shape index (κ2) is 6.21. The van der Waals surface area contributed by atoms with E-state index in [-0.39, 0.29) is 18.3 Å². The fraction of sp³-hybridized carbons (Fsp3) is 0.286. The third kappa shape index (κ3) is 3.58. The summed E-state index contributed by atoms with van der Waals surface area (Å²) < 4.78 is 0. The zero-order chi connectivity index (χ0) is 14.5. The summed E-state index contributed by atoms with van der Waals surface area (Å²) >= 11 is 0. The van der Waals surface area contributed by atoms with Gasteiger partial charge in [-0.05, 0) is 25.0 Å². The van der Waals surface area contributed by atoms with Crippen LogP contribution in [-0.2, 0) is 17.8 Å². The third-order valence-electron chi connectivity index (χ3n) is 2.97. The summed E-state index contributed by atoms with van der Waals surface area (Å²) in [6.45, 7) is 4.14. The maximum absolute atomic E-state index is 11.9. The molecular formula is C14H17N5O. The Bertz CT molecular complexity index is 609. The highest BCUT2D eigenvalue weighted by Gasteiger charge is 2.07. The molecule has 3 N–H and O–H groups in total. The highest BCUT2D eigenvalue weighted by molar-refractivity contribution is 5.90. The molecule has 1 aromatic carbocycles. The molecule has 0 aliphatic heterocycles. The van der Waals surface area contributed by atoms with Gasteiger partial charge in [0, 0.05) is 6.54 Å². The monoisotopic (exact) mass is 271 g/mol. The van der Waals surface area contributed by atoms with Crippen molar-refractivity contribution in [2.75, 3.05) is 5.32 Å². The van der Waals surface area contributed by atoms with E-state index in [1.54, 1.807) is 0 Å². The minimum absolute atomic E-state index is 0.171. The van der Waals surface area contributed by atoms with Crippen molar-refractivity contribution >= 4 is 11.9 Å². The molecule has 1 amide bonds. The summed E-state index contributed by atoms with van der Waals surface area (Å²) in [5.74, 6) is 0.0622. The van der Waals surface area contributed by atoms with Crippen LogP contribution in [0.2, 0.25) is 0 Å². The number of anilines is 1. The minimum Gasteiger partial charge on any atom is -0.326 e. The fourth-order valence-electron chi connectivity index (χ4n) is 1.66. The number of carbonyl (C=O) groups is 1. The number of nitrogens with two attached hydrogens (primary N) is 1. The Morgan fingerprint density at radius 1 is 1.10 bits per heavy atom. The number of aryl methyl sites for hydroxylation is 2. The SMILES string of the molecule is Cc1nnc(NC(=O)Cc2ccc(CN)cc2)nc1C. The summed E-state index contributed by atoms with van der Waals surface area (Å²) in [6, 6.07) is 7.61. The molecule has 2 aromatic rings. The smallest absolute Gasteiger partial charge is 0.249 e. The lowest BCUT2D eigenvalue weighted by molar-refractivity contribution is -0.115. The van der Waals surface area contributed by atoms with Crippen LogP contribution >= 0.6 is 0 Å². The summed E-state index contributed by atoms with van der Waals surface area (Å²) in [7, 11) is 0. The molecule has 2 rings (SSSR count). The highest BCUT2D eigenvalue weighted by Crippen LogP contribution is 2.06. The van der Waals surface area contributed by atoms with Gasteiger partial charge >= 0.3 is 0 Å². The Balaban J connectivity index is 1.99. The Kier molecular flexibility index (Phi) is 4.37. The van der Waals surface area contributed by atoms with Crippen LogP contribution in [0.15, 0.2) is 24.3 Å². The van der Waals surface area contributed by atoms with Crippen molar-refractivity contribution in [3.63, 3.8) is 0 Å². The van der Waals surface area contributed by atoms with Gasteiger partial charge in [0.15, 0.2) is 0 Å². The Hall–Kier alpha value is -2.34. The maximum Gasteiger partial charge on any atom is 0.249 e. The van der Waals surface area contributed by atoms with Gasteiger partial charge in [-0.2, -0.15) is 5.10 Å². The topological polar surface area (TPSA) is 93.8 Å². The van der Waals surface area contributed by atoms with Gasteiger partial charge in [0.1, 0.15) is 0 Å². The largest absolute Gasteiger partial charge is 0.326 e. The molecule has 20 heavy (non-hydrogen) atoms. The van der Waals surface area contributed by atoms with E-state index in [1.807, 2.05) is 38.1 Å². The van der Waals surface area contributed by atoms with Crippen molar-refractivity contribution in [3.05, 3.63) is 46.8 Å². The van der Waals surface area contributed by atoms with Crippen LogP contribution in [0.1, 0.15) is 22.5 Å². The van der Waals surface area contributed by atoms with Gasteiger partial charge in [-0.15, -0.1) is 5.10 Å². The lowest BCUT2D eigenvalue weighted by atomic mass is 10.1. The standard InChI is InChI=1S/C14H17N5O/c1-9-10(2)18-19-14(16-9)17-13(20)7-11-3-5-12(8-15)6-4-11/h3-6H,7-8,15H2,1-2H3,(H,16,17,19,20). The number of amides is 1. The molecule has 0 saturated carbocycles. The van der Waals surface area contributed by atoms with Gasteiger partial charge in [-0.1, -0.05) is 24.3 Å². The van der Waals surface area contributed by atoms with Crippen LogP contribution in [0.4, 0.5) is 5.95 Å². The van der Waals surface area contributed by atoms with Gasteiger partial charge in [0.05, 0.1) is 17.8 Å². The first kappa shape index (κ1) is 14.1. The van der Waals surface area contributed by atoms with Crippen molar-refractivity contribution in [1.29, 1.82) is 0 Å². The number of hydrogen-bond acceptors (Lipinski definition) is 5. The number of nitrogens with one attached hydrogen (secondary N) is 1. The summed E-state index contributed by atoms with van der Waals surface area (Å²) in [6.07, 6.45) is 0.265. The summed E-state index contributed by atoms with van der Waals surface area (Å²) in [5, 5.41) is 10.4. The predicted octanol–water partition coefficient (Wildman–Crippen LogP) is 1.13. The molecule has 0 fully saturated rings. The molecule has 0 aliphatic carbocycles. The van der Waals surface area contributed by atoms with E-state index in [1.165, 1.54) is 0 Å². The quantitative estimate of drug-likeness (QED) is 0.869. The first-order chi connectivity index (χ1) is 9.58. The first-order valence-corrected chi connectivity index (χ1v) is 6.34. The molecule has 0 atom stereocenters. The van der Waals surface area contributed by atoms with E-state index < -0.39 is 0 Å². The average Bonchev–Trinajstić information content (AvgIpc) is 2.44. The number of nitrogens with zero attached hydrogens (tertiary/aromatic N) is 3. The molecule has 1 heterocycles. The van der Waals surface area contributed by atoms with Crippen molar-refractivity contribution in [2.24, 2.45) is 5.73 Å². The Morgan fingerprint density at radius 3 is 2.35 bits per heavy atom. The van der Waals surface area contributed by atoms with E-state index in [0.29, 0.717) is 6.54 Å². The van der Waals surface area contributed by atoms with Crippen LogP contribution in [0, 0.1) is 13.8 Å². The van der Waals surface area contributed by atoms with E-state index in [2.05, 4.69) is 20.5 Å². The normalized spacial score (nSPS) is 10.3. The maximum atomic E-state index is 11.9. The molecule has 104 valence electrons. The van der Waals surface area contributed by atoms with Crippen LogP contribution < -0.4 is 11.1 Å². The number of hydrogen-bond donors (Lipinski definition) is 2. The number of benzene rings is 1. The number of rotatable bonds is 4. The van der Waals surface area contributed by atoms with Crippen LogP contribution in [-0.4, -0.2) is 21.1 Å². The van der Waals surface area contributed by atoms with Gasteiger partial charge in [-0.25, -0.2) is 4.98 Å². The second-order valence-electron chi connectivity index (χ2n) is 4.55. The molecular weight excluding hydrogens is 254 g/mol. The molecule has 0 aliphatic rings. The Labute approximate surface area is 117 Å². The van der Waals surface area contributed by atoms with Crippen LogP contribution in [0.5, 0.6) is 0 Å². The minimum atomic E-state index is -0.171. The lowest BCUT2D eigenvalue weighted by Gasteiger charge is -2.05. The highest BCUT2D eigenvalue weighted by atomic mass is 16.1. The molecule has 0 saturated heterocycles. The molecule has 0 bridgehead atoms. The molecule has 1 aromatic heterocycles. The van der Waals surface area contributed by atoms with Crippen molar-refractivity contribution in [1.82, 2.24) is 15.2 Å². The van der Waals surface area contributed by atoms with Crippen LogP contribution in [0.3, 0.4) is 0 Å². The summed E-state index contributed by atoms with van der Waals surface area (Å²) in [5.41, 5.74) is 8.98. The van der Waals surface area contributed by atoms with Crippen molar-refractivity contribution < 1.29 is 4.79 Å². The Morgan fingerprint density at radius 2 is 1.75 bits per heavy atom. The number of carbonyl (C=O) groups excluding carboxylic acids is 1. The van der Waals surface area contributed by atoms with Gasteiger partial charge in [0.2, 0.25) is 11.9 Å². The van der Waals surface area contributed by atoms with E-state index in [9.17, 15) is 4.79 Å². The van der Waals surface area contributed by atoms with E-state index in [4.69, 9.17) is 5.73 Å². The van der Waals surface area contributed by atoms with E-state index >= 15 is 0 Å². The van der Waals surface area contributed by atoms with Gasteiger partial charge in [0.25, 0.3) is 0 Å². The second-order valence-corrected chi connectivity index (χ2v) is 4.55. The molecule has 0 unspecified atom stereocenters.